The van der Waals surface area contributed by atoms with Crippen molar-refractivity contribution in [2.45, 2.75) is 19.3 Å². The topological polar surface area (TPSA) is 93.8 Å². The number of amides is 1. The van der Waals surface area contributed by atoms with Gasteiger partial charge in [-0.3, -0.25) is 9.78 Å². The molecule has 7 nitrogen and oxygen atoms in total. The van der Waals surface area contributed by atoms with Crippen molar-refractivity contribution in [2.24, 2.45) is 0 Å². The monoisotopic (exact) mass is 323 g/mol. The highest BCUT2D eigenvalue weighted by atomic mass is 16.5. The Balaban J connectivity index is 1.42. The van der Waals surface area contributed by atoms with Crippen molar-refractivity contribution in [1.82, 2.24) is 25.4 Å². The molecule has 1 aromatic carbocycles. The molecule has 0 aliphatic carbocycles. The van der Waals surface area contributed by atoms with Crippen LogP contribution in [0, 0.1) is 0 Å². The molecule has 1 N–H and O–H groups in total. The van der Waals surface area contributed by atoms with Gasteiger partial charge in [0, 0.05) is 31.8 Å². The second kappa shape index (κ2) is 7.96. The summed E-state index contributed by atoms with van der Waals surface area (Å²) in [6.45, 7) is 0.609. The van der Waals surface area contributed by atoms with Crippen molar-refractivity contribution in [3.05, 3.63) is 60.4 Å². The Morgan fingerprint density at radius 3 is 2.79 bits per heavy atom. The molecule has 0 saturated carbocycles. The first kappa shape index (κ1) is 15.8. The molecule has 2 heterocycles. The molecule has 0 aliphatic rings. The summed E-state index contributed by atoms with van der Waals surface area (Å²) in [4.78, 5) is 24.1. The van der Waals surface area contributed by atoms with E-state index in [-0.39, 0.29) is 5.91 Å². The minimum absolute atomic E-state index is 0.0369. The lowest BCUT2D eigenvalue weighted by Crippen LogP contribution is -2.25. The Bertz CT molecular complexity index is 774. The smallest absolute Gasteiger partial charge is 0.227 e. The van der Waals surface area contributed by atoms with Gasteiger partial charge in [-0.05, 0) is 12.0 Å². The zero-order valence-electron chi connectivity index (χ0n) is 13.1. The number of carbonyl (C=O) groups excluding carboxylic acids is 1. The van der Waals surface area contributed by atoms with E-state index in [0.717, 1.165) is 6.42 Å². The summed E-state index contributed by atoms with van der Waals surface area (Å²) >= 11 is 0. The van der Waals surface area contributed by atoms with E-state index < -0.39 is 0 Å². The van der Waals surface area contributed by atoms with Crippen molar-refractivity contribution in [3.8, 4) is 11.5 Å². The number of aromatic nitrogens is 4. The molecule has 0 fully saturated rings. The number of nitrogens with zero attached hydrogens (tertiary/aromatic N) is 4. The van der Waals surface area contributed by atoms with Crippen LogP contribution >= 0.6 is 0 Å². The number of aryl methyl sites for hydroxylation is 1. The van der Waals surface area contributed by atoms with Gasteiger partial charge in [0.1, 0.15) is 5.69 Å². The fourth-order valence-corrected chi connectivity index (χ4v) is 2.17. The summed E-state index contributed by atoms with van der Waals surface area (Å²) in [7, 11) is 0. The Labute approximate surface area is 139 Å². The van der Waals surface area contributed by atoms with Crippen LogP contribution in [0.2, 0.25) is 0 Å². The van der Waals surface area contributed by atoms with Gasteiger partial charge in [0.05, 0.1) is 6.20 Å². The molecule has 0 saturated heterocycles. The average Bonchev–Trinajstić information content (AvgIpc) is 3.11. The number of nitrogens with one attached hydrogen (secondary N) is 1. The van der Waals surface area contributed by atoms with Crippen molar-refractivity contribution in [2.75, 3.05) is 6.54 Å². The van der Waals surface area contributed by atoms with E-state index in [4.69, 9.17) is 4.52 Å². The first-order chi connectivity index (χ1) is 11.8. The van der Waals surface area contributed by atoms with Crippen molar-refractivity contribution >= 4 is 5.91 Å². The Morgan fingerprint density at radius 1 is 1.12 bits per heavy atom. The molecule has 0 radical (unpaired) electrons. The Hall–Kier alpha value is -3.09. The minimum atomic E-state index is -0.0369. The number of rotatable bonds is 7. The third-order valence-electron chi connectivity index (χ3n) is 3.40. The van der Waals surface area contributed by atoms with Crippen LogP contribution < -0.4 is 5.32 Å². The molecule has 0 bridgehead atoms. The third kappa shape index (κ3) is 4.45. The highest BCUT2D eigenvalue weighted by Gasteiger charge is 2.11. The quantitative estimate of drug-likeness (QED) is 0.713. The summed E-state index contributed by atoms with van der Waals surface area (Å²) in [5.41, 5.74) is 1.74. The highest BCUT2D eigenvalue weighted by molar-refractivity contribution is 5.76. The van der Waals surface area contributed by atoms with E-state index in [1.54, 1.807) is 18.6 Å². The molecule has 0 atom stereocenters. The Morgan fingerprint density at radius 2 is 2.00 bits per heavy atom. The Kier molecular flexibility index (Phi) is 5.24. The van der Waals surface area contributed by atoms with Gasteiger partial charge in [-0.15, -0.1) is 0 Å². The number of hydrogen-bond donors (Lipinski definition) is 1. The zero-order chi connectivity index (χ0) is 16.6. The summed E-state index contributed by atoms with van der Waals surface area (Å²) in [6.07, 6.45) is 6.20. The summed E-state index contributed by atoms with van der Waals surface area (Å²) in [5, 5.41) is 6.73. The predicted molar refractivity (Wildman–Crippen MR) is 86.8 cm³/mol. The number of carbonyl (C=O) groups is 1. The summed E-state index contributed by atoms with van der Waals surface area (Å²) < 4.78 is 5.13. The molecule has 0 unspecified atom stereocenters. The molecule has 2 aromatic heterocycles. The van der Waals surface area contributed by atoms with Crippen molar-refractivity contribution in [3.63, 3.8) is 0 Å². The second-order valence-electron chi connectivity index (χ2n) is 5.19. The lowest BCUT2D eigenvalue weighted by molar-refractivity contribution is -0.121. The largest absolute Gasteiger partial charge is 0.356 e. The van der Waals surface area contributed by atoms with Crippen LogP contribution in [0.15, 0.2) is 53.4 Å². The van der Waals surface area contributed by atoms with Crippen LogP contribution in [0.25, 0.3) is 11.5 Å². The molecule has 3 aromatic rings. The van der Waals surface area contributed by atoms with Gasteiger partial charge >= 0.3 is 0 Å². The molecule has 0 aliphatic heterocycles. The van der Waals surface area contributed by atoms with Gasteiger partial charge in [0.25, 0.3) is 0 Å². The summed E-state index contributed by atoms with van der Waals surface area (Å²) in [6, 6.07) is 10.0. The number of benzene rings is 1. The SMILES string of the molecule is O=C(CCc1nc(-c2cnccn2)no1)NCCc1ccccc1. The third-order valence-corrected chi connectivity index (χ3v) is 3.40. The minimum Gasteiger partial charge on any atom is -0.356 e. The van der Waals surface area contributed by atoms with Crippen LogP contribution in [-0.4, -0.2) is 32.6 Å². The molecule has 7 heteroatoms. The predicted octanol–water partition coefficient (Wildman–Crippen LogP) is 1.82. The maximum Gasteiger partial charge on any atom is 0.227 e. The molecular formula is C17H17N5O2. The average molecular weight is 323 g/mol. The zero-order valence-corrected chi connectivity index (χ0v) is 13.1. The molecular weight excluding hydrogens is 306 g/mol. The van der Waals surface area contributed by atoms with Crippen LogP contribution in [0.5, 0.6) is 0 Å². The van der Waals surface area contributed by atoms with Gasteiger partial charge in [-0.2, -0.15) is 4.98 Å². The number of hydrogen-bond acceptors (Lipinski definition) is 6. The van der Waals surface area contributed by atoms with E-state index in [9.17, 15) is 4.79 Å². The van der Waals surface area contributed by atoms with Crippen molar-refractivity contribution in [1.29, 1.82) is 0 Å². The normalized spacial score (nSPS) is 10.5. The fraction of sp³-hybridized carbons (Fsp3) is 0.235. The molecule has 1 amide bonds. The van der Waals surface area contributed by atoms with E-state index in [2.05, 4.69) is 25.4 Å². The summed E-state index contributed by atoms with van der Waals surface area (Å²) in [5.74, 6) is 0.752. The van der Waals surface area contributed by atoms with Gasteiger partial charge in [0.2, 0.25) is 17.6 Å². The van der Waals surface area contributed by atoms with Gasteiger partial charge in [0.15, 0.2) is 0 Å². The van der Waals surface area contributed by atoms with Gasteiger partial charge < -0.3 is 9.84 Å². The van der Waals surface area contributed by atoms with E-state index >= 15 is 0 Å². The van der Waals surface area contributed by atoms with Crippen LogP contribution in [0.1, 0.15) is 17.9 Å². The first-order valence-electron chi connectivity index (χ1n) is 7.71. The maximum absolute atomic E-state index is 11.9. The standard InChI is InChI=1S/C17H17N5O2/c23-15(20-9-8-13-4-2-1-3-5-13)6-7-16-21-17(22-24-16)14-12-18-10-11-19-14/h1-5,10-12H,6-9H2,(H,20,23). The maximum atomic E-state index is 11.9. The van der Waals surface area contributed by atoms with Crippen LogP contribution in [0.3, 0.4) is 0 Å². The van der Waals surface area contributed by atoms with E-state index in [1.165, 1.54) is 5.56 Å². The lowest BCUT2D eigenvalue weighted by atomic mass is 10.1. The van der Waals surface area contributed by atoms with E-state index in [0.29, 0.717) is 36.8 Å². The molecule has 122 valence electrons. The second-order valence-corrected chi connectivity index (χ2v) is 5.19. The van der Waals surface area contributed by atoms with E-state index in [1.807, 2.05) is 30.3 Å². The molecule has 24 heavy (non-hydrogen) atoms. The first-order valence-corrected chi connectivity index (χ1v) is 7.71. The van der Waals surface area contributed by atoms with Gasteiger partial charge in [-0.1, -0.05) is 35.5 Å². The van der Waals surface area contributed by atoms with Crippen molar-refractivity contribution < 1.29 is 9.32 Å². The lowest BCUT2D eigenvalue weighted by Gasteiger charge is -2.04. The molecule has 3 rings (SSSR count). The fourth-order valence-electron chi connectivity index (χ4n) is 2.17. The molecule has 0 spiro atoms. The van der Waals surface area contributed by atoms with Crippen LogP contribution in [-0.2, 0) is 17.6 Å². The highest BCUT2D eigenvalue weighted by Crippen LogP contribution is 2.11. The van der Waals surface area contributed by atoms with Gasteiger partial charge in [-0.25, -0.2) is 4.98 Å². The van der Waals surface area contributed by atoms with Crippen LogP contribution in [0.4, 0.5) is 0 Å².